The minimum Gasteiger partial charge on any atom is -0.493 e. The second-order valence-corrected chi connectivity index (χ2v) is 18.1. The molecule has 1 unspecified atom stereocenters. The number of halogens is 2. The molecule has 8 rings (SSSR count). The van der Waals surface area contributed by atoms with Gasteiger partial charge in [-0.1, -0.05) is 29.8 Å². The van der Waals surface area contributed by atoms with Gasteiger partial charge < -0.3 is 54.6 Å². The number of carbonyl (C=O) groups excluding carboxylic acids is 5. The van der Waals surface area contributed by atoms with Crippen LogP contribution in [-0.2, 0) is 40.9 Å². The molecule has 1 aliphatic rings. The fourth-order valence-corrected chi connectivity index (χ4v) is 9.17. The van der Waals surface area contributed by atoms with Gasteiger partial charge in [-0.3, -0.25) is 19.2 Å². The minimum atomic E-state index is -0.267. The van der Waals surface area contributed by atoms with E-state index < -0.39 is 0 Å². The normalized spacial score (nSPS) is 12.8. The number of benzene rings is 4. The van der Waals surface area contributed by atoms with E-state index in [1.165, 1.54) is 12.1 Å². The molecule has 5 N–H and O–H groups in total. The highest BCUT2D eigenvalue weighted by Gasteiger charge is 2.26. The molecule has 19 heteroatoms. The Kier molecular flexibility index (Phi) is 24.2. The van der Waals surface area contributed by atoms with Crippen molar-refractivity contribution in [2.24, 2.45) is 7.05 Å². The molecule has 7 aromatic rings. The Balaban J connectivity index is 0.000000322. The molecular formula is C55H72ClFN10O7. The summed E-state index contributed by atoms with van der Waals surface area (Å²) in [5, 5.41) is 20.6. The van der Waals surface area contributed by atoms with Crippen LogP contribution in [0.15, 0.2) is 60.7 Å². The van der Waals surface area contributed by atoms with Gasteiger partial charge in [0.2, 0.25) is 0 Å². The van der Waals surface area contributed by atoms with Crippen molar-refractivity contribution in [3.63, 3.8) is 0 Å². The number of nitrogens with zero attached hydrogens (tertiary/aromatic N) is 7. The van der Waals surface area contributed by atoms with E-state index in [1.807, 2.05) is 57.0 Å². The molecule has 1 saturated heterocycles. The lowest BCUT2D eigenvalue weighted by Gasteiger charge is -2.32. The Bertz CT molecular complexity index is 2980. The van der Waals surface area contributed by atoms with Crippen molar-refractivity contribution in [1.29, 1.82) is 0 Å². The van der Waals surface area contributed by atoms with E-state index >= 15 is 0 Å². The minimum absolute atomic E-state index is 0.157. The highest BCUT2D eigenvalue weighted by atomic mass is 35.5. The lowest BCUT2D eigenvalue weighted by molar-refractivity contribution is -0.110. The number of carbonyl (C=O) groups is 5. The Morgan fingerprint density at radius 2 is 1.57 bits per heavy atom. The number of hydrogen-bond acceptors (Lipinski definition) is 14. The van der Waals surface area contributed by atoms with Gasteiger partial charge in [-0.05, 0) is 122 Å². The molecule has 398 valence electrons. The zero-order valence-electron chi connectivity index (χ0n) is 44.1. The molecule has 1 aliphatic heterocycles. The highest BCUT2D eigenvalue weighted by molar-refractivity contribution is 6.35. The Morgan fingerprint density at radius 1 is 0.865 bits per heavy atom. The van der Waals surface area contributed by atoms with Gasteiger partial charge in [0.1, 0.15) is 36.2 Å². The summed E-state index contributed by atoms with van der Waals surface area (Å²) in [6.45, 7) is 12.1. The number of rotatable bonds is 18. The number of aldehydes is 5. The van der Waals surface area contributed by atoms with Gasteiger partial charge in [-0.2, -0.15) is 5.10 Å². The fraction of sp³-hybridized carbons (Fsp3) is 0.400. The number of nitrogen functional groups attached to an aromatic ring is 1. The molecule has 74 heavy (non-hydrogen) atoms. The number of aliphatic hydroxyl groups is 1. The third-order valence-corrected chi connectivity index (χ3v) is 13.0. The van der Waals surface area contributed by atoms with Crippen LogP contribution in [0.25, 0.3) is 43.8 Å². The van der Waals surface area contributed by atoms with Crippen molar-refractivity contribution in [2.75, 3.05) is 80.4 Å². The van der Waals surface area contributed by atoms with Gasteiger partial charge in [0.05, 0.1) is 52.2 Å². The molecule has 3 aromatic heterocycles. The second kappa shape index (κ2) is 29.9. The molecule has 1 atom stereocenters. The van der Waals surface area contributed by atoms with Crippen molar-refractivity contribution in [3.8, 4) is 16.9 Å². The van der Waals surface area contributed by atoms with Crippen LogP contribution in [0.1, 0.15) is 62.9 Å². The molecule has 17 nitrogen and oxygen atoms in total. The van der Waals surface area contributed by atoms with Crippen LogP contribution >= 0.6 is 11.6 Å². The number of aromatic nitrogens is 5. The number of anilines is 1. The zero-order valence-corrected chi connectivity index (χ0v) is 44.8. The van der Waals surface area contributed by atoms with Crippen LogP contribution in [0.5, 0.6) is 5.75 Å². The summed E-state index contributed by atoms with van der Waals surface area (Å²) in [7, 11) is 10.6. The van der Waals surface area contributed by atoms with Crippen LogP contribution in [-0.4, -0.2) is 151 Å². The van der Waals surface area contributed by atoms with E-state index in [2.05, 4.69) is 55.1 Å². The number of piperazine rings is 1. The number of likely N-dealkylation sites (N-methyl/N-ethyl adjacent to an activating group) is 2. The van der Waals surface area contributed by atoms with Crippen molar-refractivity contribution < 1.29 is 38.2 Å². The Hall–Kier alpha value is -6.67. The first-order valence-corrected chi connectivity index (χ1v) is 24.8. The van der Waals surface area contributed by atoms with Crippen LogP contribution in [0.2, 0.25) is 5.02 Å². The first-order valence-electron chi connectivity index (χ1n) is 24.5. The second-order valence-electron chi connectivity index (χ2n) is 17.6. The number of aryl methyl sites for hydroxylation is 4. The molecule has 0 spiro atoms. The number of fused-ring (bicyclic) bond motifs is 3. The summed E-state index contributed by atoms with van der Waals surface area (Å²) in [6, 6.07) is 17.5. The lowest BCUT2D eigenvalue weighted by Crippen LogP contribution is -2.45. The molecule has 4 heterocycles. The first-order chi connectivity index (χ1) is 35.7. The van der Waals surface area contributed by atoms with Gasteiger partial charge in [-0.25, -0.2) is 9.37 Å². The maximum Gasteiger partial charge on any atom is 0.166 e. The molecule has 0 radical (unpaired) electrons. The lowest BCUT2D eigenvalue weighted by atomic mass is 9.98. The van der Waals surface area contributed by atoms with E-state index in [1.54, 1.807) is 36.7 Å². The summed E-state index contributed by atoms with van der Waals surface area (Å²) < 4.78 is 25.8. The Morgan fingerprint density at radius 3 is 2.18 bits per heavy atom. The predicted octanol–water partition coefficient (Wildman–Crippen LogP) is 6.81. The van der Waals surface area contributed by atoms with Crippen LogP contribution in [0.3, 0.4) is 0 Å². The number of aliphatic hydroxyl groups excluding tert-OH is 1. The molecule has 0 saturated carbocycles. The topological polar surface area (TPSA) is 212 Å². The van der Waals surface area contributed by atoms with Gasteiger partial charge in [-0.15, -0.1) is 0 Å². The van der Waals surface area contributed by atoms with E-state index in [9.17, 15) is 28.4 Å². The summed E-state index contributed by atoms with van der Waals surface area (Å²) in [5.74, 6) is 1.15. The Labute approximate surface area is 437 Å². The van der Waals surface area contributed by atoms with Gasteiger partial charge in [0, 0.05) is 98.7 Å². The summed E-state index contributed by atoms with van der Waals surface area (Å²) in [5.41, 5.74) is 14.5. The van der Waals surface area contributed by atoms with Gasteiger partial charge in [0.25, 0.3) is 0 Å². The largest absolute Gasteiger partial charge is 0.493 e. The number of hydrogen-bond donors (Lipinski definition) is 4. The standard InChI is InChI=1S/C35H39ClFN5O2.C11H11N3O2.C6H11NO2.C2H7N.CH4O/c1-23-33(24(2)40(4)38-23)34-30(36)13-12-29-28(8-6-20-44-32-9-5-7-25-21-26(37)10-11-27(25)32)31(22-43)42(35(29)34)19-18-41-16-14-39(3)15-17-41;1-7-13-11-8(6-16)4-9(12)5-10(11)14(7)2-3-15;1-7-6(5-9)3-2-4-8;1-3-2;1-2/h5,7,9-13,21-22H,6,8,14-20H2,1-4H3;3-6H,2,12H2,1H3;4-7H,2-3H2,1H3;3H,1-2H3;2H,1H3. The van der Waals surface area contributed by atoms with Crippen LogP contribution in [0, 0.1) is 26.6 Å². The van der Waals surface area contributed by atoms with Crippen molar-refractivity contribution in [2.45, 2.75) is 65.6 Å². The molecule has 1 fully saturated rings. The van der Waals surface area contributed by atoms with Crippen molar-refractivity contribution >= 4 is 81.4 Å². The van der Waals surface area contributed by atoms with Crippen LogP contribution < -0.4 is 21.1 Å². The SMILES string of the molecule is CNC.CNC(C=O)CCC=O.CO.Cc1nc2c(C=O)cc(N)cc2n1CC=O.Cc1nn(C)c(C)c1-c1c(Cl)ccc2c(CCCOc3cccc4cc(F)ccc34)c(C=O)n(CCN3CCN(C)CC3)c12. The zero-order chi connectivity index (χ0) is 54.5. The summed E-state index contributed by atoms with van der Waals surface area (Å²) in [6.07, 6.45) is 6.55. The van der Waals surface area contributed by atoms with E-state index in [0.717, 1.165) is 127 Å². The quantitative estimate of drug-likeness (QED) is 0.0395. The maximum absolute atomic E-state index is 13.8. The average Bonchev–Trinajstić information content (AvgIpc) is 3.98. The van der Waals surface area contributed by atoms with E-state index in [0.29, 0.717) is 77.7 Å². The first kappa shape index (κ1) is 59.9. The van der Waals surface area contributed by atoms with Crippen LogP contribution in [0.4, 0.5) is 10.1 Å². The number of ether oxygens (including phenoxy) is 1. The molecular weight excluding hydrogens is 967 g/mol. The van der Waals surface area contributed by atoms with Gasteiger partial charge >= 0.3 is 0 Å². The van der Waals surface area contributed by atoms with E-state index in [-0.39, 0.29) is 18.4 Å². The van der Waals surface area contributed by atoms with Crippen molar-refractivity contribution in [1.82, 2.24) is 44.3 Å². The summed E-state index contributed by atoms with van der Waals surface area (Å²) >= 11 is 6.99. The molecule has 0 aliphatic carbocycles. The van der Waals surface area contributed by atoms with E-state index in [4.69, 9.17) is 27.2 Å². The third-order valence-electron chi connectivity index (χ3n) is 12.7. The third kappa shape index (κ3) is 15.0. The van der Waals surface area contributed by atoms with Crippen molar-refractivity contribution in [3.05, 3.63) is 106 Å². The smallest absolute Gasteiger partial charge is 0.166 e. The molecule has 0 amide bonds. The molecule has 0 bridgehead atoms. The maximum atomic E-state index is 13.8. The molecule has 4 aromatic carbocycles. The fourth-order valence-electron chi connectivity index (χ4n) is 8.92. The van der Waals surface area contributed by atoms with Gasteiger partial charge in [0.15, 0.2) is 12.6 Å². The number of imidazole rings is 1. The average molecular weight is 1040 g/mol. The monoisotopic (exact) mass is 1040 g/mol. The predicted molar refractivity (Wildman–Crippen MR) is 293 cm³/mol. The number of nitrogens with two attached hydrogens (primary N) is 1. The highest BCUT2D eigenvalue weighted by Crippen LogP contribution is 2.42. The number of nitrogens with one attached hydrogen (secondary N) is 2. The summed E-state index contributed by atoms with van der Waals surface area (Å²) in [4.78, 5) is 63.2.